The van der Waals surface area contributed by atoms with E-state index in [1.54, 1.807) is 6.92 Å². The number of primary sulfonamides is 1. The van der Waals surface area contributed by atoms with Crippen LogP contribution in [-0.2, 0) is 10.0 Å². The van der Waals surface area contributed by atoms with Crippen LogP contribution >= 0.6 is 0 Å². The number of benzene rings is 2. The third-order valence-corrected chi connectivity index (χ3v) is 3.45. The Morgan fingerprint density at radius 3 is 2.26 bits per heavy atom. The van der Waals surface area contributed by atoms with Crippen molar-refractivity contribution in [1.82, 2.24) is 0 Å². The Bertz CT molecular complexity index is 696. The summed E-state index contributed by atoms with van der Waals surface area (Å²) in [5.74, 6) is 0.612. The summed E-state index contributed by atoms with van der Waals surface area (Å²) in [6, 6.07) is 9.84. The van der Waals surface area contributed by atoms with E-state index in [9.17, 15) is 12.8 Å². The molecule has 100 valence electrons. The second-order valence-electron chi connectivity index (χ2n) is 4.03. The maximum Gasteiger partial charge on any atom is 0.238 e. The van der Waals surface area contributed by atoms with Crippen LogP contribution in [0.5, 0.6) is 11.5 Å². The number of rotatable bonds is 3. The van der Waals surface area contributed by atoms with Crippen molar-refractivity contribution in [1.29, 1.82) is 0 Å². The van der Waals surface area contributed by atoms with Gasteiger partial charge >= 0.3 is 0 Å². The summed E-state index contributed by atoms with van der Waals surface area (Å²) >= 11 is 0. The lowest BCUT2D eigenvalue weighted by Gasteiger charge is -2.09. The Hall–Kier alpha value is -1.92. The van der Waals surface area contributed by atoms with Crippen LogP contribution in [0.15, 0.2) is 47.4 Å². The van der Waals surface area contributed by atoms with Gasteiger partial charge in [0.1, 0.15) is 17.3 Å². The molecule has 2 N–H and O–H groups in total. The molecule has 0 atom stereocenters. The van der Waals surface area contributed by atoms with Gasteiger partial charge in [0.05, 0.1) is 4.90 Å². The number of ether oxygens (including phenoxy) is 1. The molecule has 0 bridgehead atoms. The van der Waals surface area contributed by atoms with Crippen LogP contribution in [0.1, 0.15) is 5.56 Å². The van der Waals surface area contributed by atoms with Crippen LogP contribution in [0.2, 0.25) is 0 Å². The molecule has 2 aromatic rings. The fourth-order valence-corrected chi connectivity index (χ4v) is 2.07. The summed E-state index contributed by atoms with van der Waals surface area (Å²) < 4.78 is 40.6. The smallest absolute Gasteiger partial charge is 0.238 e. The largest absolute Gasteiger partial charge is 0.457 e. The van der Waals surface area contributed by atoms with Crippen LogP contribution < -0.4 is 9.88 Å². The highest BCUT2D eigenvalue weighted by atomic mass is 32.2. The van der Waals surface area contributed by atoms with Gasteiger partial charge < -0.3 is 4.74 Å². The van der Waals surface area contributed by atoms with Crippen molar-refractivity contribution in [3.63, 3.8) is 0 Å². The number of sulfonamides is 1. The van der Waals surface area contributed by atoms with Crippen molar-refractivity contribution in [2.75, 3.05) is 0 Å². The van der Waals surface area contributed by atoms with Gasteiger partial charge in [0.2, 0.25) is 10.0 Å². The van der Waals surface area contributed by atoms with E-state index in [-0.39, 0.29) is 10.7 Å². The van der Waals surface area contributed by atoms with Gasteiger partial charge in [0.25, 0.3) is 0 Å². The van der Waals surface area contributed by atoms with Crippen LogP contribution in [-0.4, -0.2) is 8.42 Å². The van der Waals surface area contributed by atoms with E-state index in [2.05, 4.69) is 0 Å². The Morgan fingerprint density at radius 2 is 1.74 bits per heavy atom. The molecule has 0 radical (unpaired) electrons. The molecule has 6 heteroatoms. The molecule has 0 amide bonds. The second-order valence-corrected chi connectivity index (χ2v) is 5.59. The van der Waals surface area contributed by atoms with E-state index in [1.165, 1.54) is 42.5 Å². The fraction of sp³-hybridized carbons (Fsp3) is 0.0769. The maximum atomic E-state index is 12.9. The fourth-order valence-electron chi connectivity index (χ4n) is 1.55. The summed E-state index contributed by atoms with van der Waals surface area (Å²) in [5.41, 5.74) is 0.649. The van der Waals surface area contributed by atoms with Crippen LogP contribution in [0.25, 0.3) is 0 Å². The molecule has 0 heterocycles. The highest BCUT2D eigenvalue weighted by Gasteiger charge is 2.08. The standard InChI is InChI=1S/C13H12FNO3S/c1-9-8-10(14)2-7-13(9)18-11-3-5-12(6-4-11)19(15,16)17/h2-8H,1H3,(H2,15,16,17). The molecule has 2 rings (SSSR count). The minimum Gasteiger partial charge on any atom is -0.457 e. The average Bonchev–Trinajstić information content (AvgIpc) is 2.32. The first-order valence-electron chi connectivity index (χ1n) is 5.43. The van der Waals surface area contributed by atoms with Crippen molar-refractivity contribution < 1.29 is 17.5 Å². The average molecular weight is 281 g/mol. The predicted octanol–water partition coefficient (Wildman–Crippen LogP) is 2.57. The van der Waals surface area contributed by atoms with E-state index < -0.39 is 10.0 Å². The van der Waals surface area contributed by atoms with Gasteiger partial charge in [-0.3, -0.25) is 0 Å². The third kappa shape index (κ3) is 3.30. The van der Waals surface area contributed by atoms with E-state index in [0.29, 0.717) is 17.1 Å². The lowest BCUT2D eigenvalue weighted by Crippen LogP contribution is -2.11. The summed E-state index contributed by atoms with van der Waals surface area (Å²) in [5, 5.41) is 4.99. The predicted molar refractivity (Wildman–Crippen MR) is 69.0 cm³/mol. The summed E-state index contributed by atoms with van der Waals surface area (Å²) in [7, 11) is -3.71. The molecule has 0 spiro atoms. The molecule has 0 unspecified atom stereocenters. The zero-order valence-corrected chi connectivity index (χ0v) is 10.9. The Labute approximate surface area is 110 Å². The first kappa shape index (κ1) is 13.5. The Kier molecular flexibility index (Phi) is 3.55. The van der Waals surface area contributed by atoms with E-state index in [1.807, 2.05) is 0 Å². The quantitative estimate of drug-likeness (QED) is 0.940. The molecule has 0 saturated heterocycles. The number of hydrogen-bond donors (Lipinski definition) is 1. The van der Waals surface area contributed by atoms with Gasteiger partial charge in [0, 0.05) is 0 Å². The van der Waals surface area contributed by atoms with Gasteiger partial charge in [-0.2, -0.15) is 0 Å². The van der Waals surface area contributed by atoms with Gasteiger partial charge in [-0.1, -0.05) is 0 Å². The van der Waals surface area contributed by atoms with E-state index in [0.717, 1.165) is 0 Å². The van der Waals surface area contributed by atoms with Gasteiger partial charge in [-0.25, -0.2) is 17.9 Å². The molecule has 0 aromatic heterocycles. The zero-order valence-electron chi connectivity index (χ0n) is 10.1. The topological polar surface area (TPSA) is 69.4 Å². The lowest BCUT2D eigenvalue weighted by molar-refractivity contribution is 0.476. The van der Waals surface area contributed by atoms with Crippen molar-refractivity contribution in [2.45, 2.75) is 11.8 Å². The molecular weight excluding hydrogens is 269 g/mol. The van der Waals surface area contributed by atoms with Gasteiger partial charge in [0.15, 0.2) is 0 Å². The second kappa shape index (κ2) is 4.99. The number of halogens is 1. The lowest BCUT2D eigenvalue weighted by atomic mass is 10.2. The van der Waals surface area contributed by atoms with Crippen molar-refractivity contribution in [3.8, 4) is 11.5 Å². The van der Waals surface area contributed by atoms with E-state index >= 15 is 0 Å². The molecule has 4 nitrogen and oxygen atoms in total. The normalized spacial score (nSPS) is 11.3. The minimum atomic E-state index is -3.71. The number of nitrogens with two attached hydrogens (primary N) is 1. The third-order valence-electron chi connectivity index (χ3n) is 2.52. The summed E-state index contributed by atoms with van der Waals surface area (Å²) in [4.78, 5) is 0.00989. The van der Waals surface area contributed by atoms with Gasteiger partial charge in [-0.05, 0) is 55.0 Å². The first-order valence-corrected chi connectivity index (χ1v) is 6.98. The number of aryl methyl sites for hydroxylation is 1. The molecule has 2 aromatic carbocycles. The summed E-state index contributed by atoms with van der Waals surface area (Å²) in [6.07, 6.45) is 0. The molecule has 0 aliphatic heterocycles. The van der Waals surface area contributed by atoms with Crippen molar-refractivity contribution >= 4 is 10.0 Å². The maximum absolute atomic E-state index is 12.9. The van der Waals surface area contributed by atoms with E-state index in [4.69, 9.17) is 9.88 Å². The molecule has 0 aliphatic carbocycles. The number of hydrogen-bond acceptors (Lipinski definition) is 3. The highest BCUT2D eigenvalue weighted by Crippen LogP contribution is 2.26. The Balaban J connectivity index is 2.25. The highest BCUT2D eigenvalue weighted by molar-refractivity contribution is 7.89. The monoisotopic (exact) mass is 281 g/mol. The molecular formula is C13H12FNO3S. The minimum absolute atomic E-state index is 0.00989. The van der Waals surface area contributed by atoms with Crippen LogP contribution in [0.3, 0.4) is 0 Å². The zero-order chi connectivity index (χ0) is 14.0. The molecule has 0 aliphatic rings. The van der Waals surface area contributed by atoms with Crippen LogP contribution in [0.4, 0.5) is 4.39 Å². The molecule has 0 fully saturated rings. The van der Waals surface area contributed by atoms with Crippen molar-refractivity contribution in [3.05, 3.63) is 53.8 Å². The summed E-state index contributed by atoms with van der Waals surface area (Å²) in [6.45, 7) is 1.72. The van der Waals surface area contributed by atoms with Crippen LogP contribution in [0, 0.1) is 12.7 Å². The van der Waals surface area contributed by atoms with Crippen molar-refractivity contribution in [2.24, 2.45) is 5.14 Å². The SMILES string of the molecule is Cc1cc(F)ccc1Oc1ccc(S(N)(=O)=O)cc1. The Morgan fingerprint density at radius 1 is 1.11 bits per heavy atom. The van der Waals surface area contributed by atoms with Gasteiger partial charge in [-0.15, -0.1) is 0 Å². The first-order chi connectivity index (χ1) is 8.86. The molecule has 0 saturated carbocycles. The molecule has 19 heavy (non-hydrogen) atoms.